The molecule has 1 aliphatic carbocycles. The van der Waals surface area contributed by atoms with E-state index in [1.165, 1.54) is 0 Å². The zero-order valence-corrected chi connectivity index (χ0v) is 13.8. The number of rotatable bonds is 4. The van der Waals surface area contributed by atoms with Gasteiger partial charge in [0.15, 0.2) is 12.6 Å². The molecule has 0 aromatic heterocycles. The summed E-state index contributed by atoms with van der Waals surface area (Å²) < 4.78 is 16.4. The third-order valence-corrected chi connectivity index (χ3v) is 5.51. The first kappa shape index (κ1) is 18.7. The Labute approximate surface area is 144 Å². The Morgan fingerprint density at radius 3 is 2.64 bits per heavy atom. The van der Waals surface area contributed by atoms with Crippen molar-refractivity contribution >= 4 is 6.29 Å². The van der Waals surface area contributed by atoms with Crippen molar-refractivity contribution < 1.29 is 44.5 Å². The third kappa shape index (κ3) is 2.99. The van der Waals surface area contributed by atoms with Gasteiger partial charge in [-0.15, -0.1) is 0 Å². The Morgan fingerprint density at radius 1 is 1.28 bits per heavy atom. The van der Waals surface area contributed by atoms with E-state index in [4.69, 9.17) is 14.2 Å². The molecule has 9 heteroatoms. The average Bonchev–Trinajstić information content (AvgIpc) is 2.91. The summed E-state index contributed by atoms with van der Waals surface area (Å²) in [5.74, 6) is -0.589. The molecule has 3 rings (SSSR count). The fourth-order valence-corrected chi connectivity index (χ4v) is 3.98. The van der Waals surface area contributed by atoms with E-state index in [0.717, 1.165) is 6.26 Å². The Balaban J connectivity index is 1.80. The second kappa shape index (κ2) is 6.92. The van der Waals surface area contributed by atoms with Crippen LogP contribution in [0, 0.1) is 11.8 Å². The van der Waals surface area contributed by atoms with Crippen LogP contribution in [0.1, 0.15) is 19.8 Å². The van der Waals surface area contributed by atoms with Gasteiger partial charge in [-0.2, -0.15) is 0 Å². The minimum atomic E-state index is -1.57. The largest absolute Gasteiger partial charge is 0.471 e. The molecule has 5 N–H and O–H groups in total. The first-order chi connectivity index (χ1) is 11.8. The molecular weight excluding hydrogens is 336 g/mol. The molecule has 0 spiro atoms. The van der Waals surface area contributed by atoms with Crippen LogP contribution in [0.25, 0.3) is 0 Å². The molecule has 0 radical (unpaired) electrons. The molecule has 2 heterocycles. The Hall–Kier alpha value is -1.07. The van der Waals surface area contributed by atoms with Crippen LogP contribution >= 0.6 is 0 Å². The highest BCUT2D eigenvalue weighted by molar-refractivity contribution is 5.76. The highest BCUT2D eigenvalue weighted by Crippen LogP contribution is 2.49. The van der Waals surface area contributed by atoms with Crippen LogP contribution in [0.3, 0.4) is 0 Å². The van der Waals surface area contributed by atoms with Gasteiger partial charge in [0.2, 0.25) is 6.29 Å². The van der Waals surface area contributed by atoms with Crippen LogP contribution < -0.4 is 0 Å². The number of aldehydes is 1. The molecule has 0 aromatic rings. The second-order valence-electron chi connectivity index (χ2n) is 6.99. The topological polar surface area (TPSA) is 146 Å². The van der Waals surface area contributed by atoms with E-state index in [1.54, 1.807) is 0 Å². The van der Waals surface area contributed by atoms with Gasteiger partial charge in [-0.3, -0.25) is 4.79 Å². The molecule has 9 atom stereocenters. The molecular formula is C16H24O9. The molecule has 2 fully saturated rings. The van der Waals surface area contributed by atoms with E-state index in [2.05, 4.69) is 0 Å². The maximum absolute atomic E-state index is 11.2. The number of hydrogen-bond acceptors (Lipinski definition) is 9. The van der Waals surface area contributed by atoms with Crippen LogP contribution in [0.5, 0.6) is 0 Å². The van der Waals surface area contributed by atoms with Gasteiger partial charge in [0.25, 0.3) is 0 Å². The van der Waals surface area contributed by atoms with Crippen molar-refractivity contribution in [2.24, 2.45) is 11.8 Å². The van der Waals surface area contributed by atoms with E-state index in [1.807, 2.05) is 6.92 Å². The summed E-state index contributed by atoms with van der Waals surface area (Å²) in [6, 6.07) is 0. The molecule has 3 aliphatic rings. The van der Waals surface area contributed by atoms with Gasteiger partial charge < -0.3 is 39.7 Å². The number of carbonyl (C=O) groups is 1. The van der Waals surface area contributed by atoms with Gasteiger partial charge in [-0.05, 0) is 18.8 Å². The zero-order chi connectivity index (χ0) is 18.4. The van der Waals surface area contributed by atoms with Crippen molar-refractivity contribution in [3.63, 3.8) is 0 Å². The Bertz CT molecular complexity index is 536. The van der Waals surface area contributed by atoms with Crippen molar-refractivity contribution in [1.29, 1.82) is 0 Å². The molecule has 1 saturated carbocycles. The van der Waals surface area contributed by atoms with Crippen molar-refractivity contribution in [3.05, 3.63) is 11.8 Å². The first-order valence-electron chi connectivity index (χ1n) is 8.33. The molecule has 2 aliphatic heterocycles. The van der Waals surface area contributed by atoms with E-state index in [-0.39, 0.29) is 11.5 Å². The van der Waals surface area contributed by atoms with Gasteiger partial charge in [0.1, 0.15) is 30.0 Å². The Kier molecular flexibility index (Phi) is 5.18. The summed E-state index contributed by atoms with van der Waals surface area (Å²) in [5.41, 5.74) is -1.26. The van der Waals surface area contributed by atoms with Crippen LogP contribution in [-0.4, -0.2) is 81.0 Å². The third-order valence-electron chi connectivity index (χ3n) is 5.51. The maximum Gasteiger partial charge on any atom is 0.207 e. The van der Waals surface area contributed by atoms with Crippen molar-refractivity contribution in [3.8, 4) is 0 Å². The summed E-state index contributed by atoms with van der Waals surface area (Å²) in [6.07, 6.45) is -5.40. The van der Waals surface area contributed by atoms with Gasteiger partial charge in [-0.1, -0.05) is 6.92 Å². The minimum Gasteiger partial charge on any atom is -0.471 e. The lowest BCUT2D eigenvalue weighted by Gasteiger charge is -2.44. The number of aliphatic hydroxyl groups excluding tert-OH is 4. The molecule has 0 unspecified atom stereocenters. The number of fused-ring (bicyclic) bond motifs is 1. The number of ether oxygens (including phenoxy) is 3. The quantitative estimate of drug-likeness (QED) is 0.360. The molecule has 0 bridgehead atoms. The Morgan fingerprint density at radius 2 is 2.00 bits per heavy atom. The standard InChI is InChI=1S/C16H24O9/c1-7-2-3-16(22)8(4-17)6-23-14(10(7)16)25-15-13(21)12(20)11(19)9(5-18)24-15/h4,6-7,9-15,18-22H,2-3,5H2,1H3/t7-,9+,10+,11+,12-,13+,14+,15-,16+/m1/s1. The van der Waals surface area contributed by atoms with Crippen molar-refractivity contribution in [2.45, 2.75) is 62.4 Å². The van der Waals surface area contributed by atoms with Gasteiger partial charge >= 0.3 is 0 Å². The molecule has 25 heavy (non-hydrogen) atoms. The molecule has 0 aromatic carbocycles. The summed E-state index contributed by atoms with van der Waals surface area (Å²) >= 11 is 0. The highest BCUT2D eigenvalue weighted by atomic mass is 16.8. The SMILES string of the molecule is C[C@@H]1CC[C@]2(O)C(C=O)=CO[C@@H](O[C@H]3O[C@@H](CO)[C@H](O)[C@@H](O)[C@@H]3O)[C@H]12. The molecule has 1 saturated heterocycles. The van der Waals surface area contributed by atoms with Crippen LogP contribution in [-0.2, 0) is 19.0 Å². The van der Waals surface area contributed by atoms with E-state index >= 15 is 0 Å². The number of carbonyl (C=O) groups excluding carboxylic acids is 1. The summed E-state index contributed by atoms with van der Waals surface area (Å²) in [7, 11) is 0. The minimum absolute atomic E-state index is 0.0245. The summed E-state index contributed by atoms with van der Waals surface area (Å²) in [5, 5.41) is 49.9. The second-order valence-corrected chi connectivity index (χ2v) is 6.99. The average molecular weight is 360 g/mol. The predicted octanol–water partition coefficient (Wildman–Crippen LogP) is -1.98. The fraction of sp³-hybridized carbons (Fsp3) is 0.812. The normalized spacial score (nSPS) is 49.9. The highest BCUT2D eigenvalue weighted by Gasteiger charge is 2.56. The van der Waals surface area contributed by atoms with Gasteiger partial charge in [0.05, 0.1) is 24.4 Å². The summed E-state index contributed by atoms with van der Waals surface area (Å²) in [6.45, 7) is 1.32. The van der Waals surface area contributed by atoms with Crippen LogP contribution in [0.2, 0.25) is 0 Å². The van der Waals surface area contributed by atoms with E-state index in [9.17, 15) is 30.3 Å². The first-order valence-corrected chi connectivity index (χ1v) is 8.33. The lowest BCUT2D eigenvalue weighted by Crippen LogP contribution is -2.61. The maximum atomic E-state index is 11.2. The van der Waals surface area contributed by atoms with E-state index in [0.29, 0.717) is 19.1 Å². The molecule has 0 amide bonds. The zero-order valence-electron chi connectivity index (χ0n) is 13.8. The number of hydrogen-bond donors (Lipinski definition) is 5. The smallest absolute Gasteiger partial charge is 0.207 e. The lowest BCUT2D eigenvalue weighted by molar-refractivity contribution is -0.346. The predicted molar refractivity (Wildman–Crippen MR) is 80.7 cm³/mol. The van der Waals surface area contributed by atoms with Gasteiger partial charge in [-0.25, -0.2) is 0 Å². The van der Waals surface area contributed by atoms with Crippen molar-refractivity contribution in [2.75, 3.05) is 6.61 Å². The molecule has 142 valence electrons. The molecule has 9 nitrogen and oxygen atoms in total. The monoisotopic (exact) mass is 360 g/mol. The van der Waals surface area contributed by atoms with Crippen molar-refractivity contribution in [1.82, 2.24) is 0 Å². The fourth-order valence-electron chi connectivity index (χ4n) is 3.98. The number of aliphatic hydroxyl groups is 5. The van der Waals surface area contributed by atoms with Crippen LogP contribution in [0.4, 0.5) is 0 Å². The summed E-state index contributed by atoms with van der Waals surface area (Å²) in [4.78, 5) is 11.2. The lowest BCUT2D eigenvalue weighted by atomic mass is 9.80. The van der Waals surface area contributed by atoms with E-state index < -0.39 is 55.1 Å². The van der Waals surface area contributed by atoms with Crippen LogP contribution in [0.15, 0.2) is 11.8 Å². The van der Waals surface area contributed by atoms with Gasteiger partial charge in [0, 0.05) is 0 Å².